The summed E-state index contributed by atoms with van der Waals surface area (Å²) < 4.78 is 0. The molecule has 0 aromatic heterocycles. The normalized spacial score (nSPS) is 32.8. The Morgan fingerprint density at radius 1 is 1.37 bits per heavy atom. The molecule has 3 nitrogen and oxygen atoms in total. The highest BCUT2D eigenvalue weighted by Gasteiger charge is 2.47. The average Bonchev–Trinajstić information content (AvgIpc) is 2.97. The highest BCUT2D eigenvalue weighted by atomic mass is 16.2. The number of nitrogens with zero attached hydrogens (tertiary/aromatic N) is 1. The summed E-state index contributed by atoms with van der Waals surface area (Å²) in [6, 6.07) is 0. The predicted molar refractivity (Wildman–Crippen MR) is 78.7 cm³/mol. The summed E-state index contributed by atoms with van der Waals surface area (Å²) in [7, 11) is 0. The van der Waals surface area contributed by atoms with Crippen LogP contribution in [0.4, 0.5) is 0 Å². The molecule has 3 heteroatoms. The van der Waals surface area contributed by atoms with Crippen molar-refractivity contribution in [1.82, 2.24) is 10.2 Å². The van der Waals surface area contributed by atoms with Gasteiger partial charge in [0.25, 0.3) is 0 Å². The Balaban J connectivity index is 2.00. The van der Waals surface area contributed by atoms with Gasteiger partial charge < -0.3 is 4.90 Å². The number of nitrogens with one attached hydrogen (secondary N) is 1. The van der Waals surface area contributed by atoms with Gasteiger partial charge in [-0.3, -0.25) is 10.1 Å². The lowest BCUT2D eigenvalue weighted by molar-refractivity contribution is -0.133. The molecule has 1 aliphatic carbocycles. The van der Waals surface area contributed by atoms with E-state index in [1.54, 1.807) is 0 Å². The zero-order valence-electron chi connectivity index (χ0n) is 13.0. The summed E-state index contributed by atoms with van der Waals surface area (Å²) in [5, 5.41) is 3.57. The molecule has 1 saturated carbocycles. The van der Waals surface area contributed by atoms with Crippen LogP contribution in [-0.4, -0.2) is 29.1 Å². The first kappa shape index (κ1) is 14.8. The van der Waals surface area contributed by atoms with Gasteiger partial charge in [0.2, 0.25) is 5.91 Å². The van der Waals surface area contributed by atoms with Gasteiger partial charge in [-0.05, 0) is 31.6 Å². The summed E-state index contributed by atoms with van der Waals surface area (Å²) in [6.45, 7) is 9.50. The molecule has 1 aliphatic heterocycles. The monoisotopic (exact) mass is 266 g/mol. The quantitative estimate of drug-likeness (QED) is 0.829. The zero-order chi connectivity index (χ0) is 14.0. The summed E-state index contributed by atoms with van der Waals surface area (Å²) in [5.41, 5.74) is -0.343. The molecule has 0 spiro atoms. The molecule has 0 aromatic carbocycles. The third-order valence-corrected chi connectivity index (χ3v) is 5.13. The Bertz CT molecular complexity index is 323. The van der Waals surface area contributed by atoms with Crippen molar-refractivity contribution < 1.29 is 4.79 Å². The summed E-state index contributed by atoms with van der Waals surface area (Å²) >= 11 is 0. The summed E-state index contributed by atoms with van der Waals surface area (Å²) in [5.74, 6) is 1.64. The lowest BCUT2D eigenvalue weighted by atomic mass is 9.99. The fourth-order valence-electron chi connectivity index (χ4n) is 3.55. The first-order valence-corrected chi connectivity index (χ1v) is 8.06. The van der Waals surface area contributed by atoms with Crippen LogP contribution in [0.5, 0.6) is 0 Å². The van der Waals surface area contributed by atoms with Crippen molar-refractivity contribution in [3.05, 3.63) is 0 Å². The molecule has 2 fully saturated rings. The molecule has 2 unspecified atom stereocenters. The minimum absolute atomic E-state index is 0.221. The third-order valence-electron chi connectivity index (χ3n) is 5.13. The average molecular weight is 266 g/mol. The van der Waals surface area contributed by atoms with E-state index in [-0.39, 0.29) is 11.7 Å². The van der Waals surface area contributed by atoms with Crippen LogP contribution in [-0.2, 0) is 4.79 Å². The van der Waals surface area contributed by atoms with Gasteiger partial charge in [0.05, 0.1) is 11.7 Å². The van der Waals surface area contributed by atoms with E-state index in [4.69, 9.17) is 0 Å². The van der Waals surface area contributed by atoms with Gasteiger partial charge in [0.1, 0.15) is 0 Å². The van der Waals surface area contributed by atoms with Gasteiger partial charge in [-0.15, -0.1) is 0 Å². The van der Waals surface area contributed by atoms with E-state index >= 15 is 0 Å². The topological polar surface area (TPSA) is 32.3 Å². The molecule has 19 heavy (non-hydrogen) atoms. The van der Waals surface area contributed by atoms with Gasteiger partial charge in [-0.2, -0.15) is 0 Å². The summed E-state index contributed by atoms with van der Waals surface area (Å²) in [4.78, 5) is 14.8. The molecule has 2 atom stereocenters. The van der Waals surface area contributed by atoms with E-state index < -0.39 is 0 Å². The maximum Gasteiger partial charge on any atom is 0.243 e. The van der Waals surface area contributed by atoms with Crippen molar-refractivity contribution in [2.45, 2.75) is 77.9 Å². The van der Waals surface area contributed by atoms with Gasteiger partial charge in [0, 0.05) is 6.54 Å². The van der Waals surface area contributed by atoms with Crippen LogP contribution in [0.15, 0.2) is 0 Å². The molecular formula is C16H30N2O. The van der Waals surface area contributed by atoms with Crippen LogP contribution >= 0.6 is 0 Å². The number of hydrogen-bond donors (Lipinski definition) is 1. The van der Waals surface area contributed by atoms with E-state index in [2.05, 4.69) is 37.9 Å². The predicted octanol–water partition coefficient (Wildman–Crippen LogP) is 3.15. The van der Waals surface area contributed by atoms with Crippen molar-refractivity contribution >= 4 is 5.91 Å². The van der Waals surface area contributed by atoms with Crippen molar-refractivity contribution in [3.8, 4) is 0 Å². The minimum atomic E-state index is -0.343. The molecule has 1 N–H and O–H groups in total. The van der Waals surface area contributed by atoms with Gasteiger partial charge in [-0.1, -0.05) is 46.5 Å². The number of carbonyl (C=O) groups is 1. The van der Waals surface area contributed by atoms with Crippen molar-refractivity contribution in [2.24, 2.45) is 11.8 Å². The lowest BCUT2D eigenvalue weighted by Crippen LogP contribution is -2.45. The Morgan fingerprint density at radius 3 is 2.53 bits per heavy atom. The van der Waals surface area contributed by atoms with Crippen LogP contribution in [0.1, 0.15) is 66.2 Å². The Kier molecular flexibility index (Phi) is 4.54. The largest absolute Gasteiger partial charge is 0.325 e. The van der Waals surface area contributed by atoms with Crippen molar-refractivity contribution in [3.63, 3.8) is 0 Å². The Labute approximate surface area is 118 Å². The molecule has 1 amide bonds. The van der Waals surface area contributed by atoms with E-state index in [1.807, 2.05) is 0 Å². The molecule has 0 bridgehead atoms. The molecular weight excluding hydrogens is 236 g/mol. The molecule has 0 aromatic rings. The summed E-state index contributed by atoms with van der Waals surface area (Å²) in [6.07, 6.45) is 7.79. The van der Waals surface area contributed by atoms with Crippen LogP contribution in [0, 0.1) is 11.8 Å². The smallest absolute Gasteiger partial charge is 0.243 e. The standard InChI is InChI=1S/C16H30N2O/c1-5-16(4)15(19)18(14(17-16)12(2)3)11-10-13-8-6-7-9-13/h12-14,17H,5-11H2,1-4H3. The van der Waals surface area contributed by atoms with Crippen LogP contribution in [0.3, 0.4) is 0 Å². The van der Waals surface area contributed by atoms with Gasteiger partial charge >= 0.3 is 0 Å². The third kappa shape index (κ3) is 2.96. The molecule has 110 valence electrons. The molecule has 1 saturated heterocycles. The Morgan fingerprint density at radius 2 is 2.00 bits per heavy atom. The minimum Gasteiger partial charge on any atom is -0.325 e. The van der Waals surface area contributed by atoms with Crippen molar-refractivity contribution in [1.29, 1.82) is 0 Å². The fraction of sp³-hybridized carbons (Fsp3) is 0.938. The van der Waals surface area contributed by atoms with Crippen LogP contribution < -0.4 is 5.32 Å². The van der Waals surface area contributed by atoms with Crippen LogP contribution in [0.2, 0.25) is 0 Å². The van der Waals surface area contributed by atoms with E-state index in [9.17, 15) is 4.79 Å². The Hall–Kier alpha value is -0.570. The number of amides is 1. The van der Waals surface area contributed by atoms with Gasteiger partial charge in [0.15, 0.2) is 0 Å². The van der Waals surface area contributed by atoms with E-state index in [0.717, 1.165) is 18.9 Å². The maximum atomic E-state index is 12.6. The molecule has 0 radical (unpaired) electrons. The van der Waals surface area contributed by atoms with Crippen molar-refractivity contribution in [2.75, 3.05) is 6.54 Å². The molecule has 2 rings (SSSR count). The number of hydrogen-bond acceptors (Lipinski definition) is 2. The molecule has 1 heterocycles. The molecule has 2 aliphatic rings. The fourth-order valence-corrected chi connectivity index (χ4v) is 3.55. The first-order chi connectivity index (χ1) is 8.98. The second-order valence-corrected chi connectivity index (χ2v) is 6.96. The highest BCUT2D eigenvalue weighted by Crippen LogP contribution is 2.31. The van der Waals surface area contributed by atoms with E-state index in [0.29, 0.717) is 11.8 Å². The first-order valence-electron chi connectivity index (χ1n) is 8.06. The lowest BCUT2D eigenvalue weighted by Gasteiger charge is -2.28. The number of carbonyl (C=O) groups excluding carboxylic acids is 1. The second-order valence-electron chi connectivity index (χ2n) is 6.96. The van der Waals surface area contributed by atoms with Crippen LogP contribution in [0.25, 0.3) is 0 Å². The zero-order valence-corrected chi connectivity index (χ0v) is 13.0. The maximum absolute atomic E-state index is 12.6. The second kappa shape index (κ2) is 5.82. The van der Waals surface area contributed by atoms with Gasteiger partial charge in [-0.25, -0.2) is 0 Å². The number of rotatable bonds is 5. The van der Waals surface area contributed by atoms with E-state index in [1.165, 1.54) is 32.1 Å². The SMILES string of the molecule is CCC1(C)NC(C(C)C)N(CCC2CCCC2)C1=O. The highest BCUT2D eigenvalue weighted by molar-refractivity contribution is 5.88.